The Bertz CT molecular complexity index is 827. The second-order valence-corrected chi connectivity index (χ2v) is 7.24. The van der Waals surface area contributed by atoms with Crippen molar-refractivity contribution in [3.63, 3.8) is 0 Å². The summed E-state index contributed by atoms with van der Waals surface area (Å²) in [6.07, 6.45) is 0. The molecular weight excluding hydrogens is 330 g/mol. The van der Waals surface area contributed by atoms with E-state index in [4.69, 9.17) is 14.6 Å². The first kappa shape index (κ1) is 14.7. The molecule has 0 saturated carbocycles. The maximum atomic E-state index is 12.2. The van der Waals surface area contributed by atoms with Gasteiger partial charge in [-0.2, -0.15) is 0 Å². The van der Waals surface area contributed by atoms with E-state index < -0.39 is 16.0 Å². The summed E-state index contributed by atoms with van der Waals surface area (Å²) in [5, 5.41) is 10.1. The highest BCUT2D eigenvalue weighted by molar-refractivity contribution is 7.94. The van der Waals surface area contributed by atoms with Gasteiger partial charge in [-0.05, 0) is 18.2 Å². The van der Waals surface area contributed by atoms with Crippen molar-refractivity contribution >= 4 is 33.0 Å². The van der Waals surface area contributed by atoms with E-state index >= 15 is 0 Å². The monoisotopic (exact) mass is 341 g/mol. The van der Waals surface area contributed by atoms with E-state index in [1.54, 1.807) is 12.1 Å². The van der Waals surface area contributed by atoms with Gasteiger partial charge in [-0.1, -0.05) is 0 Å². The summed E-state index contributed by atoms with van der Waals surface area (Å²) >= 11 is 0.846. The maximum absolute atomic E-state index is 12.2. The quantitative estimate of drug-likeness (QED) is 0.882. The molecule has 0 atom stereocenters. The first-order chi connectivity index (χ1) is 10.5. The van der Waals surface area contributed by atoms with Gasteiger partial charge >= 0.3 is 5.97 Å². The number of hydrogen-bond acceptors (Lipinski definition) is 6. The molecule has 2 heterocycles. The summed E-state index contributed by atoms with van der Waals surface area (Å²) in [6.45, 7) is 0.849. The Hall–Kier alpha value is -2.26. The van der Waals surface area contributed by atoms with Crippen molar-refractivity contribution in [3.8, 4) is 11.5 Å². The number of nitrogens with one attached hydrogen (secondary N) is 1. The molecule has 0 aliphatic carbocycles. The van der Waals surface area contributed by atoms with Crippen molar-refractivity contribution in [1.29, 1.82) is 0 Å². The molecule has 0 fully saturated rings. The third-order valence-corrected chi connectivity index (χ3v) is 5.70. The molecule has 1 aliphatic rings. The minimum atomic E-state index is -3.84. The van der Waals surface area contributed by atoms with Crippen molar-refractivity contribution in [2.75, 3.05) is 17.9 Å². The van der Waals surface area contributed by atoms with Crippen molar-refractivity contribution in [2.24, 2.45) is 0 Å². The average molecular weight is 341 g/mol. The number of carboxylic acid groups (broad SMARTS) is 1. The van der Waals surface area contributed by atoms with Crippen LogP contribution in [0.3, 0.4) is 0 Å². The Morgan fingerprint density at radius 1 is 1.18 bits per heavy atom. The average Bonchev–Trinajstić information content (AvgIpc) is 2.97. The fourth-order valence-electron chi connectivity index (χ4n) is 1.88. The van der Waals surface area contributed by atoms with Crippen LogP contribution in [-0.2, 0) is 10.0 Å². The molecule has 116 valence electrons. The van der Waals surface area contributed by atoms with E-state index in [0.29, 0.717) is 30.4 Å². The Morgan fingerprint density at radius 2 is 1.91 bits per heavy atom. The molecule has 1 aliphatic heterocycles. The standard InChI is InChI=1S/C13H11NO6S2/c15-13(16)8-5-12(21-7-8)22(17,18)14-9-1-2-10-11(6-9)20-4-3-19-10/h1-2,5-7,14H,3-4H2,(H,15,16). The van der Waals surface area contributed by atoms with Crippen LogP contribution in [-0.4, -0.2) is 32.7 Å². The normalized spacial score (nSPS) is 13.6. The lowest BCUT2D eigenvalue weighted by Crippen LogP contribution is -2.16. The maximum Gasteiger partial charge on any atom is 0.336 e. The largest absolute Gasteiger partial charge is 0.486 e. The lowest BCUT2D eigenvalue weighted by atomic mass is 10.3. The molecule has 2 aromatic rings. The highest BCUT2D eigenvalue weighted by atomic mass is 32.2. The molecule has 0 amide bonds. The van der Waals surface area contributed by atoms with Crippen molar-refractivity contribution in [2.45, 2.75) is 4.21 Å². The van der Waals surface area contributed by atoms with Gasteiger partial charge in [0, 0.05) is 11.4 Å². The zero-order valence-corrected chi connectivity index (χ0v) is 12.7. The van der Waals surface area contributed by atoms with Crippen LogP contribution in [0.5, 0.6) is 11.5 Å². The predicted octanol–water partition coefficient (Wildman–Crippen LogP) is 2.02. The topological polar surface area (TPSA) is 102 Å². The number of anilines is 1. The Balaban J connectivity index is 1.86. The summed E-state index contributed by atoms with van der Waals surface area (Å²) in [4.78, 5) is 10.8. The minimum absolute atomic E-state index is 0.0625. The van der Waals surface area contributed by atoms with Crippen LogP contribution in [0, 0.1) is 0 Å². The molecule has 0 saturated heterocycles. The second-order valence-electron chi connectivity index (χ2n) is 4.42. The molecular formula is C13H11NO6S2. The van der Waals surface area contributed by atoms with Gasteiger partial charge in [-0.3, -0.25) is 4.72 Å². The SMILES string of the molecule is O=C(O)c1csc(S(=O)(=O)Nc2ccc3c(c2)OCCO3)c1. The van der Waals surface area contributed by atoms with Gasteiger partial charge in [0.2, 0.25) is 0 Å². The highest BCUT2D eigenvalue weighted by Crippen LogP contribution is 2.33. The molecule has 9 heteroatoms. The van der Waals surface area contributed by atoms with Gasteiger partial charge in [0.05, 0.1) is 11.3 Å². The van der Waals surface area contributed by atoms with E-state index in [0.717, 1.165) is 17.4 Å². The molecule has 0 spiro atoms. The van der Waals surface area contributed by atoms with Gasteiger partial charge in [-0.15, -0.1) is 11.3 Å². The fourth-order valence-corrected chi connectivity index (χ4v) is 4.08. The van der Waals surface area contributed by atoms with E-state index in [1.165, 1.54) is 11.4 Å². The summed E-state index contributed by atoms with van der Waals surface area (Å²) in [5.74, 6) is -0.153. The number of sulfonamides is 1. The number of rotatable bonds is 4. The fraction of sp³-hybridized carbons (Fsp3) is 0.154. The van der Waals surface area contributed by atoms with E-state index in [9.17, 15) is 13.2 Å². The van der Waals surface area contributed by atoms with Gasteiger partial charge < -0.3 is 14.6 Å². The molecule has 3 rings (SSSR count). The van der Waals surface area contributed by atoms with Gasteiger partial charge in [0.25, 0.3) is 10.0 Å². The van der Waals surface area contributed by atoms with Crippen molar-refractivity contribution in [1.82, 2.24) is 0 Å². The Morgan fingerprint density at radius 3 is 2.59 bits per heavy atom. The number of carboxylic acids is 1. The smallest absolute Gasteiger partial charge is 0.336 e. The van der Waals surface area contributed by atoms with Crippen LogP contribution in [0.4, 0.5) is 5.69 Å². The molecule has 0 radical (unpaired) electrons. The molecule has 7 nitrogen and oxygen atoms in total. The molecule has 1 aromatic heterocycles. The van der Waals surface area contributed by atoms with Gasteiger partial charge in [-0.25, -0.2) is 13.2 Å². The van der Waals surface area contributed by atoms with Crippen LogP contribution >= 0.6 is 11.3 Å². The predicted molar refractivity (Wildman–Crippen MR) is 79.5 cm³/mol. The van der Waals surface area contributed by atoms with E-state index in [1.807, 2.05) is 0 Å². The van der Waals surface area contributed by atoms with Crippen molar-refractivity contribution < 1.29 is 27.8 Å². The van der Waals surface area contributed by atoms with Gasteiger partial charge in [0.15, 0.2) is 11.5 Å². The first-order valence-electron chi connectivity index (χ1n) is 6.20. The molecule has 0 unspecified atom stereocenters. The number of thiophene rings is 1. The molecule has 2 N–H and O–H groups in total. The third kappa shape index (κ3) is 2.85. The third-order valence-electron chi connectivity index (χ3n) is 2.88. The summed E-state index contributed by atoms with van der Waals surface area (Å²) < 4.78 is 37.5. The first-order valence-corrected chi connectivity index (χ1v) is 8.56. The summed E-state index contributed by atoms with van der Waals surface area (Å²) in [7, 11) is -3.84. The number of benzene rings is 1. The van der Waals surface area contributed by atoms with Crippen LogP contribution in [0.2, 0.25) is 0 Å². The zero-order valence-electron chi connectivity index (χ0n) is 11.1. The van der Waals surface area contributed by atoms with Crippen molar-refractivity contribution in [3.05, 3.63) is 35.2 Å². The minimum Gasteiger partial charge on any atom is -0.486 e. The second kappa shape index (κ2) is 5.50. The van der Waals surface area contributed by atoms with Crippen LogP contribution in [0.15, 0.2) is 33.9 Å². The number of fused-ring (bicyclic) bond motifs is 1. The van der Waals surface area contributed by atoms with Gasteiger partial charge in [0.1, 0.15) is 17.4 Å². The lowest BCUT2D eigenvalue weighted by Gasteiger charge is -2.19. The highest BCUT2D eigenvalue weighted by Gasteiger charge is 2.20. The van der Waals surface area contributed by atoms with Crippen LogP contribution in [0.1, 0.15) is 10.4 Å². The van der Waals surface area contributed by atoms with E-state index in [-0.39, 0.29) is 9.77 Å². The number of hydrogen-bond donors (Lipinski definition) is 2. The number of carbonyl (C=O) groups is 1. The molecule has 0 bridgehead atoms. The zero-order chi connectivity index (χ0) is 15.7. The Labute approximate surface area is 130 Å². The number of aromatic carboxylic acids is 1. The summed E-state index contributed by atoms with van der Waals surface area (Å²) in [6, 6.07) is 5.81. The lowest BCUT2D eigenvalue weighted by molar-refractivity contribution is 0.0697. The van der Waals surface area contributed by atoms with Crippen LogP contribution in [0.25, 0.3) is 0 Å². The Kier molecular flexibility index (Phi) is 3.67. The van der Waals surface area contributed by atoms with Crippen LogP contribution < -0.4 is 14.2 Å². The number of ether oxygens (including phenoxy) is 2. The summed E-state index contributed by atoms with van der Waals surface area (Å²) in [5.41, 5.74) is 0.252. The molecule has 1 aromatic carbocycles. The molecule has 22 heavy (non-hydrogen) atoms. The van der Waals surface area contributed by atoms with E-state index in [2.05, 4.69) is 4.72 Å².